The summed E-state index contributed by atoms with van der Waals surface area (Å²) in [4.78, 5) is 0. The highest BCUT2D eigenvalue weighted by atomic mass is 35.5. The Morgan fingerprint density at radius 1 is 1.11 bits per heavy atom. The van der Waals surface area contributed by atoms with Gasteiger partial charge < -0.3 is 5.32 Å². The maximum atomic E-state index is 6.04. The van der Waals surface area contributed by atoms with Crippen molar-refractivity contribution < 1.29 is 0 Å². The van der Waals surface area contributed by atoms with Gasteiger partial charge in [0, 0.05) is 17.6 Å². The first kappa shape index (κ1) is 12.7. The average molecular weight is 272 g/mol. The zero-order valence-electron chi connectivity index (χ0n) is 11.1. The van der Waals surface area contributed by atoms with Crippen LogP contribution in [0.15, 0.2) is 42.5 Å². The van der Waals surface area contributed by atoms with Gasteiger partial charge in [0.15, 0.2) is 0 Å². The van der Waals surface area contributed by atoms with Crippen molar-refractivity contribution in [2.24, 2.45) is 0 Å². The molecule has 98 valence electrons. The molecule has 3 rings (SSSR count). The molecule has 1 N–H and O–H groups in total. The van der Waals surface area contributed by atoms with Crippen LogP contribution in [0, 0.1) is 6.92 Å². The SMILES string of the molecule is Cc1ccccc1CNC1Cc2ccc(Cl)cc2C1. The van der Waals surface area contributed by atoms with Gasteiger partial charge in [-0.2, -0.15) is 0 Å². The first-order valence-electron chi connectivity index (χ1n) is 6.77. The van der Waals surface area contributed by atoms with Crippen molar-refractivity contribution in [2.75, 3.05) is 0 Å². The molecule has 0 radical (unpaired) electrons. The van der Waals surface area contributed by atoms with Crippen LogP contribution < -0.4 is 5.32 Å². The summed E-state index contributed by atoms with van der Waals surface area (Å²) in [6.45, 7) is 3.11. The first-order valence-corrected chi connectivity index (χ1v) is 7.15. The van der Waals surface area contributed by atoms with Gasteiger partial charge in [-0.25, -0.2) is 0 Å². The fraction of sp³-hybridized carbons (Fsp3) is 0.294. The maximum absolute atomic E-state index is 6.04. The highest BCUT2D eigenvalue weighted by molar-refractivity contribution is 6.30. The molecule has 0 fully saturated rings. The lowest BCUT2D eigenvalue weighted by molar-refractivity contribution is 0.532. The third kappa shape index (κ3) is 2.83. The normalized spacial score (nSPS) is 17.5. The van der Waals surface area contributed by atoms with Crippen molar-refractivity contribution in [3.05, 3.63) is 69.7 Å². The second-order valence-corrected chi connectivity index (χ2v) is 5.76. The minimum absolute atomic E-state index is 0.535. The van der Waals surface area contributed by atoms with Crippen LogP contribution in [0.1, 0.15) is 22.3 Å². The Hall–Kier alpha value is -1.31. The fourth-order valence-electron chi connectivity index (χ4n) is 2.79. The molecule has 1 atom stereocenters. The molecule has 19 heavy (non-hydrogen) atoms. The van der Waals surface area contributed by atoms with E-state index in [0.717, 1.165) is 24.4 Å². The lowest BCUT2D eigenvalue weighted by Gasteiger charge is -2.13. The number of hydrogen-bond acceptors (Lipinski definition) is 1. The zero-order chi connectivity index (χ0) is 13.2. The first-order chi connectivity index (χ1) is 9.22. The van der Waals surface area contributed by atoms with E-state index in [2.05, 4.69) is 48.6 Å². The van der Waals surface area contributed by atoms with E-state index in [1.54, 1.807) is 0 Å². The minimum atomic E-state index is 0.535. The summed E-state index contributed by atoms with van der Waals surface area (Å²) in [6, 6.07) is 15.3. The quantitative estimate of drug-likeness (QED) is 0.893. The van der Waals surface area contributed by atoms with Crippen LogP contribution in [0.25, 0.3) is 0 Å². The summed E-state index contributed by atoms with van der Waals surface area (Å²) in [6.07, 6.45) is 2.19. The predicted octanol–water partition coefficient (Wildman–Crippen LogP) is 3.91. The van der Waals surface area contributed by atoms with E-state index in [-0.39, 0.29) is 0 Å². The Labute approximate surface area is 119 Å². The topological polar surface area (TPSA) is 12.0 Å². The molecule has 0 amide bonds. The highest BCUT2D eigenvalue weighted by Crippen LogP contribution is 2.25. The zero-order valence-corrected chi connectivity index (χ0v) is 11.9. The molecule has 0 heterocycles. The van der Waals surface area contributed by atoms with Crippen LogP contribution in [-0.4, -0.2) is 6.04 Å². The Morgan fingerprint density at radius 3 is 2.74 bits per heavy atom. The van der Waals surface area contributed by atoms with Crippen molar-refractivity contribution in [1.29, 1.82) is 0 Å². The molecule has 1 aliphatic carbocycles. The molecule has 2 heteroatoms. The summed E-state index contributed by atoms with van der Waals surface area (Å²) in [7, 11) is 0. The van der Waals surface area contributed by atoms with Crippen LogP contribution in [0.5, 0.6) is 0 Å². The van der Waals surface area contributed by atoms with E-state index < -0.39 is 0 Å². The molecule has 0 saturated heterocycles. The molecule has 0 aromatic heterocycles. The molecule has 0 saturated carbocycles. The number of aryl methyl sites for hydroxylation is 1. The van der Waals surface area contributed by atoms with Gasteiger partial charge in [0.05, 0.1) is 0 Å². The summed E-state index contributed by atoms with van der Waals surface area (Å²) in [5.74, 6) is 0. The molecule has 2 aromatic rings. The molecular formula is C17H18ClN. The van der Waals surface area contributed by atoms with Crippen molar-refractivity contribution >= 4 is 11.6 Å². The molecule has 0 aliphatic heterocycles. The number of benzene rings is 2. The average Bonchev–Trinajstić information content (AvgIpc) is 2.79. The third-order valence-electron chi connectivity index (χ3n) is 3.94. The van der Waals surface area contributed by atoms with E-state index in [1.807, 2.05) is 6.07 Å². The number of nitrogens with one attached hydrogen (secondary N) is 1. The Morgan fingerprint density at radius 2 is 1.89 bits per heavy atom. The summed E-state index contributed by atoms with van der Waals surface area (Å²) in [5.41, 5.74) is 5.58. The van der Waals surface area contributed by atoms with Gasteiger partial charge in [0.1, 0.15) is 0 Å². The predicted molar refractivity (Wildman–Crippen MR) is 80.7 cm³/mol. The van der Waals surface area contributed by atoms with Gasteiger partial charge in [0.25, 0.3) is 0 Å². The third-order valence-corrected chi connectivity index (χ3v) is 4.18. The van der Waals surface area contributed by atoms with E-state index >= 15 is 0 Å². The summed E-state index contributed by atoms with van der Waals surface area (Å²) >= 11 is 6.04. The smallest absolute Gasteiger partial charge is 0.0408 e. The standard InChI is InChI=1S/C17H18ClN/c1-12-4-2-3-5-14(12)11-19-17-9-13-6-7-16(18)8-15(13)10-17/h2-8,17,19H,9-11H2,1H3. The molecule has 1 unspecified atom stereocenters. The van der Waals surface area contributed by atoms with Crippen LogP contribution in [0.2, 0.25) is 5.02 Å². The lowest BCUT2D eigenvalue weighted by Crippen LogP contribution is -2.29. The highest BCUT2D eigenvalue weighted by Gasteiger charge is 2.20. The van der Waals surface area contributed by atoms with Crippen LogP contribution in [0.4, 0.5) is 0 Å². The number of hydrogen-bond donors (Lipinski definition) is 1. The van der Waals surface area contributed by atoms with E-state index in [4.69, 9.17) is 11.6 Å². The van der Waals surface area contributed by atoms with Crippen LogP contribution in [-0.2, 0) is 19.4 Å². The van der Waals surface area contributed by atoms with Crippen molar-refractivity contribution in [3.8, 4) is 0 Å². The van der Waals surface area contributed by atoms with Gasteiger partial charge in [-0.1, -0.05) is 41.9 Å². The van der Waals surface area contributed by atoms with Gasteiger partial charge in [0.2, 0.25) is 0 Å². The lowest BCUT2D eigenvalue weighted by atomic mass is 10.1. The van der Waals surface area contributed by atoms with Gasteiger partial charge in [-0.15, -0.1) is 0 Å². The van der Waals surface area contributed by atoms with Gasteiger partial charge in [-0.05, 0) is 54.2 Å². The monoisotopic (exact) mass is 271 g/mol. The maximum Gasteiger partial charge on any atom is 0.0408 e. The van der Waals surface area contributed by atoms with Crippen molar-refractivity contribution in [1.82, 2.24) is 5.32 Å². The minimum Gasteiger partial charge on any atom is -0.309 e. The molecule has 1 aliphatic rings. The second-order valence-electron chi connectivity index (χ2n) is 5.33. The van der Waals surface area contributed by atoms with Crippen molar-refractivity contribution in [2.45, 2.75) is 32.4 Å². The summed E-state index contributed by atoms with van der Waals surface area (Å²) in [5, 5.41) is 4.51. The molecule has 1 nitrogen and oxygen atoms in total. The number of fused-ring (bicyclic) bond motifs is 1. The largest absolute Gasteiger partial charge is 0.309 e. The Kier molecular flexibility index (Phi) is 3.58. The second kappa shape index (κ2) is 5.36. The Balaban J connectivity index is 1.63. The van der Waals surface area contributed by atoms with Crippen molar-refractivity contribution in [3.63, 3.8) is 0 Å². The van der Waals surface area contributed by atoms with E-state index in [0.29, 0.717) is 6.04 Å². The molecule has 2 aromatic carbocycles. The van der Waals surface area contributed by atoms with E-state index in [9.17, 15) is 0 Å². The van der Waals surface area contributed by atoms with Crippen LogP contribution >= 0.6 is 11.6 Å². The fourth-order valence-corrected chi connectivity index (χ4v) is 2.99. The molecule has 0 bridgehead atoms. The number of halogens is 1. The Bertz CT molecular complexity index is 592. The summed E-state index contributed by atoms with van der Waals surface area (Å²) < 4.78 is 0. The van der Waals surface area contributed by atoms with Gasteiger partial charge >= 0.3 is 0 Å². The van der Waals surface area contributed by atoms with E-state index in [1.165, 1.54) is 22.3 Å². The molecular weight excluding hydrogens is 254 g/mol. The van der Waals surface area contributed by atoms with Gasteiger partial charge in [-0.3, -0.25) is 0 Å². The van der Waals surface area contributed by atoms with Crippen LogP contribution in [0.3, 0.4) is 0 Å². The number of rotatable bonds is 3. The molecule has 0 spiro atoms.